The smallest absolute Gasteiger partial charge is 0.407 e. The van der Waals surface area contributed by atoms with Gasteiger partial charge in [-0.1, -0.05) is 81.4 Å². The van der Waals surface area contributed by atoms with E-state index in [0.29, 0.717) is 24.9 Å². The Bertz CT molecular complexity index is 1030. The molecule has 1 aliphatic rings. The maximum atomic E-state index is 11.4. The average molecular weight is 481 g/mol. The number of carbonyl (C=O) groups is 1. The number of hydrogen-bond donors (Lipinski definition) is 1. The summed E-state index contributed by atoms with van der Waals surface area (Å²) in [4.78, 5) is 17.8. The zero-order valence-corrected chi connectivity index (χ0v) is 21.3. The van der Waals surface area contributed by atoms with Gasteiger partial charge in [0.2, 0.25) is 5.88 Å². The van der Waals surface area contributed by atoms with Crippen molar-refractivity contribution in [2.24, 2.45) is 5.92 Å². The van der Waals surface area contributed by atoms with Gasteiger partial charge in [-0.2, -0.15) is 0 Å². The molecule has 3 aromatic rings. The molecule has 174 valence electrons. The summed E-state index contributed by atoms with van der Waals surface area (Å²) >= 11 is 1.61. The zero-order chi connectivity index (χ0) is 23.5. The molecule has 5 nitrogen and oxygen atoms in total. The summed E-state index contributed by atoms with van der Waals surface area (Å²) in [5, 5.41) is 14.7. The van der Waals surface area contributed by atoms with Crippen LogP contribution in [0.2, 0.25) is 5.04 Å². The average Bonchev–Trinajstić information content (AvgIpc) is 3.24. The second-order valence-corrected chi connectivity index (χ2v) is 14.9. The highest BCUT2D eigenvalue weighted by Gasteiger charge is 2.52. The van der Waals surface area contributed by atoms with E-state index in [1.165, 1.54) is 15.3 Å². The van der Waals surface area contributed by atoms with Crippen molar-refractivity contribution < 1.29 is 14.3 Å². The van der Waals surface area contributed by atoms with Gasteiger partial charge in [0, 0.05) is 19.5 Å². The molecule has 1 N–H and O–H groups in total. The van der Waals surface area contributed by atoms with Gasteiger partial charge >= 0.3 is 14.4 Å². The molecule has 1 fully saturated rings. The van der Waals surface area contributed by atoms with Crippen LogP contribution in [0.5, 0.6) is 5.88 Å². The number of amides is 1. The molecule has 4 rings (SSSR count). The second-order valence-electron chi connectivity index (χ2n) is 9.79. The van der Waals surface area contributed by atoms with Crippen molar-refractivity contribution in [3.63, 3.8) is 0 Å². The van der Waals surface area contributed by atoms with Crippen molar-refractivity contribution in [1.29, 1.82) is 0 Å². The fraction of sp³-hybridized carbons (Fsp3) is 0.385. The normalized spacial score (nSPS) is 17.1. The standard InChI is InChI=1S/C26H32N2O3SSi/c1-26(2,3)33(21-12-6-4-7-13-21,22-14-8-5-9-15-22)31-23-19-32-24(27-23)17-20-11-10-16-28(18-20)25(29)30/h4-9,12-15,19-20H,10-11,16-18H2,1-3H3,(H,29,30). The van der Waals surface area contributed by atoms with Crippen LogP contribution in [0.4, 0.5) is 4.79 Å². The van der Waals surface area contributed by atoms with E-state index in [4.69, 9.17) is 9.41 Å². The Labute approximate surface area is 201 Å². The number of carboxylic acid groups (broad SMARTS) is 1. The summed E-state index contributed by atoms with van der Waals surface area (Å²) in [5.74, 6) is 0.983. The number of hydrogen-bond acceptors (Lipinski definition) is 4. The third kappa shape index (κ3) is 4.99. The lowest BCUT2D eigenvalue weighted by molar-refractivity contribution is 0.120. The maximum absolute atomic E-state index is 11.4. The van der Waals surface area contributed by atoms with E-state index < -0.39 is 14.4 Å². The summed E-state index contributed by atoms with van der Waals surface area (Å²) < 4.78 is 7.00. The highest BCUT2D eigenvalue weighted by atomic mass is 32.1. The van der Waals surface area contributed by atoms with Gasteiger partial charge in [0.1, 0.15) is 0 Å². The van der Waals surface area contributed by atoms with E-state index in [0.717, 1.165) is 24.3 Å². The summed E-state index contributed by atoms with van der Waals surface area (Å²) in [5.41, 5.74) is 0. The van der Waals surface area contributed by atoms with Crippen molar-refractivity contribution in [3.05, 3.63) is 71.1 Å². The molecule has 1 aliphatic heterocycles. The van der Waals surface area contributed by atoms with Crippen LogP contribution in [-0.4, -0.2) is 42.5 Å². The molecule has 0 spiro atoms. The Morgan fingerprint density at radius 2 is 1.73 bits per heavy atom. The van der Waals surface area contributed by atoms with Crippen molar-refractivity contribution in [3.8, 4) is 5.88 Å². The third-order valence-corrected chi connectivity index (χ3v) is 12.2. The largest absolute Gasteiger partial charge is 0.521 e. The number of piperidine rings is 1. The minimum Gasteiger partial charge on any atom is -0.521 e. The summed E-state index contributed by atoms with van der Waals surface area (Å²) in [6.07, 6.45) is 1.91. The van der Waals surface area contributed by atoms with Gasteiger partial charge in [-0.3, -0.25) is 0 Å². The van der Waals surface area contributed by atoms with Crippen LogP contribution in [0.25, 0.3) is 0 Å². The molecule has 0 radical (unpaired) electrons. The molecule has 1 aromatic heterocycles. The number of benzene rings is 2. The lowest BCUT2D eigenvalue weighted by Gasteiger charge is -2.42. The van der Waals surface area contributed by atoms with Crippen molar-refractivity contribution >= 4 is 36.1 Å². The van der Waals surface area contributed by atoms with Crippen LogP contribution in [0.3, 0.4) is 0 Å². The molecule has 1 atom stereocenters. The molecular weight excluding hydrogens is 448 g/mol. The summed E-state index contributed by atoms with van der Waals surface area (Å²) in [6, 6.07) is 21.1. The predicted octanol–water partition coefficient (Wildman–Crippen LogP) is 5.01. The first-order chi connectivity index (χ1) is 15.8. The predicted molar refractivity (Wildman–Crippen MR) is 136 cm³/mol. The van der Waals surface area contributed by atoms with E-state index in [2.05, 4.69) is 69.3 Å². The molecule has 0 aliphatic carbocycles. The number of aromatic nitrogens is 1. The van der Waals surface area contributed by atoms with Gasteiger partial charge < -0.3 is 14.4 Å². The molecule has 1 amide bonds. The lowest BCUT2D eigenvalue weighted by Crippen LogP contribution is -2.68. The zero-order valence-electron chi connectivity index (χ0n) is 19.5. The lowest BCUT2D eigenvalue weighted by atomic mass is 9.95. The van der Waals surface area contributed by atoms with Gasteiger partial charge in [0.05, 0.1) is 10.4 Å². The van der Waals surface area contributed by atoms with Crippen molar-refractivity contribution in [2.45, 2.75) is 45.1 Å². The Hall–Kier alpha value is -2.64. The summed E-state index contributed by atoms with van der Waals surface area (Å²) in [7, 11) is -2.70. The third-order valence-electron chi connectivity index (χ3n) is 6.46. The first kappa shape index (κ1) is 23.5. The van der Waals surface area contributed by atoms with E-state index in [1.54, 1.807) is 11.3 Å². The number of thiazole rings is 1. The first-order valence-electron chi connectivity index (χ1n) is 11.5. The minimum atomic E-state index is -2.70. The molecule has 33 heavy (non-hydrogen) atoms. The Kier molecular flexibility index (Phi) is 6.90. The first-order valence-corrected chi connectivity index (χ1v) is 14.3. The maximum Gasteiger partial charge on any atom is 0.407 e. The van der Waals surface area contributed by atoms with Gasteiger partial charge in [0.15, 0.2) is 0 Å². The molecule has 1 saturated heterocycles. The van der Waals surface area contributed by atoms with Gasteiger partial charge in [-0.25, -0.2) is 9.78 Å². The van der Waals surface area contributed by atoms with E-state index in [9.17, 15) is 9.90 Å². The van der Waals surface area contributed by atoms with E-state index >= 15 is 0 Å². The van der Waals surface area contributed by atoms with Crippen molar-refractivity contribution in [2.75, 3.05) is 13.1 Å². The fourth-order valence-corrected chi connectivity index (χ4v) is 10.1. The van der Waals surface area contributed by atoms with Gasteiger partial charge in [-0.15, -0.1) is 11.3 Å². The van der Waals surface area contributed by atoms with Gasteiger partial charge in [0.25, 0.3) is 0 Å². The summed E-state index contributed by atoms with van der Waals surface area (Å²) in [6.45, 7) is 7.99. The Morgan fingerprint density at radius 3 is 2.27 bits per heavy atom. The monoisotopic (exact) mass is 480 g/mol. The SMILES string of the molecule is CC(C)(C)[Si](Oc1csc(CC2CCCN(C(=O)O)C2)n1)(c1ccccc1)c1ccccc1. The molecular formula is C26H32N2O3SSi. The fourth-order valence-electron chi connectivity index (χ4n) is 4.89. The second kappa shape index (κ2) is 9.69. The topological polar surface area (TPSA) is 62.7 Å². The van der Waals surface area contributed by atoms with Crippen LogP contribution < -0.4 is 14.8 Å². The number of likely N-dealkylation sites (tertiary alicyclic amines) is 1. The highest BCUT2D eigenvalue weighted by Crippen LogP contribution is 2.38. The Balaban J connectivity index is 1.64. The number of nitrogens with zero attached hydrogens (tertiary/aromatic N) is 2. The van der Waals surface area contributed by atoms with Gasteiger partial charge in [-0.05, 0) is 34.2 Å². The molecule has 7 heteroatoms. The quantitative estimate of drug-likeness (QED) is 0.504. The minimum absolute atomic E-state index is 0.120. The molecule has 0 bridgehead atoms. The van der Waals surface area contributed by atoms with Crippen LogP contribution in [0.15, 0.2) is 66.0 Å². The van der Waals surface area contributed by atoms with Crippen LogP contribution in [0.1, 0.15) is 38.6 Å². The Morgan fingerprint density at radius 1 is 1.12 bits per heavy atom. The van der Waals surface area contributed by atoms with E-state index in [-0.39, 0.29) is 5.04 Å². The van der Waals surface area contributed by atoms with E-state index in [1.807, 2.05) is 17.5 Å². The van der Waals surface area contributed by atoms with Crippen LogP contribution in [0, 0.1) is 5.92 Å². The molecule has 0 saturated carbocycles. The van der Waals surface area contributed by atoms with Crippen LogP contribution in [-0.2, 0) is 6.42 Å². The van der Waals surface area contributed by atoms with Crippen molar-refractivity contribution in [1.82, 2.24) is 9.88 Å². The number of rotatable bonds is 6. The molecule has 2 aromatic carbocycles. The van der Waals surface area contributed by atoms with Crippen LogP contribution >= 0.6 is 11.3 Å². The molecule has 2 heterocycles. The molecule has 1 unspecified atom stereocenters. The highest BCUT2D eigenvalue weighted by molar-refractivity contribution is 7.10.